The summed E-state index contributed by atoms with van der Waals surface area (Å²) in [7, 11) is 0. The Kier molecular flexibility index (Phi) is 4.87. The molecule has 0 spiro atoms. The molecular weight excluding hydrogens is 371 g/mol. The highest BCUT2D eigenvalue weighted by Crippen LogP contribution is 2.31. The van der Waals surface area contributed by atoms with E-state index in [4.69, 9.17) is 5.11 Å². The van der Waals surface area contributed by atoms with Gasteiger partial charge in [0.15, 0.2) is 0 Å². The van der Waals surface area contributed by atoms with Crippen LogP contribution in [0.3, 0.4) is 0 Å². The Morgan fingerprint density at radius 3 is 2.47 bits per heavy atom. The first-order chi connectivity index (χ1) is 9.10. The Balaban J connectivity index is 2.23. The van der Waals surface area contributed by atoms with Crippen LogP contribution >= 0.6 is 34.4 Å². The number of carbonyl (C=O) groups is 1. The van der Waals surface area contributed by atoms with Gasteiger partial charge in [0.1, 0.15) is 0 Å². The van der Waals surface area contributed by atoms with Crippen molar-refractivity contribution in [2.45, 2.75) is 23.1 Å². The number of benzene rings is 2. The van der Waals surface area contributed by atoms with Crippen molar-refractivity contribution in [3.63, 3.8) is 0 Å². The molecule has 0 bridgehead atoms. The molecule has 0 heterocycles. The third kappa shape index (κ3) is 3.73. The number of hydrogen-bond donors (Lipinski definition) is 1. The number of halogens is 1. The van der Waals surface area contributed by atoms with Crippen molar-refractivity contribution in [2.75, 3.05) is 0 Å². The second kappa shape index (κ2) is 6.43. The number of carboxylic acids is 1. The Morgan fingerprint density at radius 2 is 1.89 bits per heavy atom. The van der Waals surface area contributed by atoms with E-state index in [9.17, 15) is 4.79 Å². The minimum Gasteiger partial charge on any atom is -0.478 e. The lowest BCUT2D eigenvalue weighted by Crippen LogP contribution is -1.94. The van der Waals surface area contributed by atoms with Gasteiger partial charge in [-0.1, -0.05) is 18.7 Å². The van der Waals surface area contributed by atoms with E-state index in [1.165, 1.54) is 14.0 Å². The van der Waals surface area contributed by atoms with Gasteiger partial charge in [0.2, 0.25) is 0 Å². The van der Waals surface area contributed by atoms with Crippen molar-refractivity contribution < 1.29 is 9.90 Å². The summed E-state index contributed by atoms with van der Waals surface area (Å²) in [5.41, 5.74) is 1.64. The molecule has 1 N–H and O–H groups in total. The van der Waals surface area contributed by atoms with Crippen molar-refractivity contribution >= 4 is 40.3 Å². The monoisotopic (exact) mass is 384 g/mol. The summed E-state index contributed by atoms with van der Waals surface area (Å²) in [6.07, 6.45) is 0.992. The van der Waals surface area contributed by atoms with Crippen LogP contribution in [0.25, 0.3) is 0 Å². The first-order valence-electron chi connectivity index (χ1n) is 5.90. The fraction of sp³-hybridized carbons (Fsp3) is 0.133. The predicted molar refractivity (Wildman–Crippen MR) is 86.1 cm³/mol. The van der Waals surface area contributed by atoms with E-state index in [1.54, 1.807) is 23.9 Å². The summed E-state index contributed by atoms with van der Waals surface area (Å²) in [4.78, 5) is 13.1. The maximum absolute atomic E-state index is 10.8. The molecule has 4 heteroatoms. The lowest BCUT2D eigenvalue weighted by Gasteiger charge is -2.08. The molecule has 0 atom stereocenters. The minimum atomic E-state index is -0.889. The van der Waals surface area contributed by atoms with Crippen LogP contribution < -0.4 is 0 Å². The number of aromatic carboxylic acids is 1. The van der Waals surface area contributed by atoms with Crippen LogP contribution in [0.1, 0.15) is 22.8 Å². The van der Waals surface area contributed by atoms with Gasteiger partial charge in [0.05, 0.1) is 5.56 Å². The van der Waals surface area contributed by atoms with Crippen LogP contribution in [0.15, 0.2) is 52.3 Å². The smallest absolute Gasteiger partial charge is 0.335 e. The third-order valence-corrected chi connectivity index (χ3v) is 4.53. The standard InChI is InChI=1S/C15H13IO2S/c1-2-10-9-12(16)5-8-14(10)19-13-6-3-11(4-7-13)15(17)18/h3-9H,2H2,1H3,(H,17,18). The van der Waals surface area contributed by atoms with Gasteiger partial charge in [-0.25, -0.2) is 4.79 Å². The van der Waals surface area contributed by atoms with Gasteiger partial charge in [0.25, 0.3) is 0 Å². The van der Waals surface area contributed by atoms with Crippen molar-refractivity contribution in [3.8, 4) is 0 Å². The quantitative estimate of drug-likeness (QED) is 0.777. The molecule has 0 saturated carbocycles. The zero-order chi connectivity index (χ0) is 13.8. The molecule has 0 unspecified atom stereocenters. The molecule has 2 aromatic rings. The highest BCUT2D eigenvalue weighted by molar-refractivity contribution is 14.1. The summed E-state index contributed by atoms with van der Waals surface area (Å²) in [6, 6.07) is 13.4. The maximum Gasteiger partial charge on any atom is 0.335 e. The Morgan fingerprint density at radius 1 is 1.21 bits per heavy atom. The van der Waals surface area contributed by atoms with E-state index >= 15 is 0 Å². The lowest BCUT2D eigenvalue weighted by atomic mass is 10.2. The van der Waals surface area contributed by atoms with E-state index in [1.807, 2.05) is 12.1 Å². The average molecular weight is 384 g/mol. The zero-order valence-electron chi connectivity index (χ0n) is 10.4. The third-order valence-electron chi connectivity index (χ3n) is 2.73. The molecule has 0 fully saturated rings. The lowest BCUT2D eigenvalue weighted by molar-refractivity contribution is 0.0697. The summed E-state index contributed by atoms with van der Waals surface area (Å²) < 4.78 is 1.24. The van der Waals surface area contributed by atoms with Crippen molar-refractivity contribution in [1.82, 2.24) is 0 Å². The SMILES string of the molecule is CCc1cc(I)ccc1Sc1ccc(C(=O)O)cc1. The number of hydrogen-bond acceptors (Lipinski definition) is 2. The molecule has 0 radical (unpaired) electrons. The molecule has 98 valence electrons. The first-order valence-corrected chi connectivity index (χ1v) is 7.79. The normalized spacial score (nSPS) is 10.4. The molecule has 2 aromatic carbocycles. The number of aryl methyl sites for hydroxylation is 1. The molecular formula is C15H13IO2S. The van der Waals surface area contributed by atoms with Crippen molar-refractivity contribution in [1.29, 1.82) is 0 Å². The molecule has 0 amide bonds. The second-order valence-corrected chi connectivity index (χ2v) is 6.40. The molecule has 2 rings (SSSR count). The van der Waals surface area contributed by atoms with E-state index in [-0.39, 0.29) is 0 Å². The van der Waals surface area contributed by atoms with Gasteiger partial charge in [-0.05, 0) is 77.0 Å². The Bertz CT molecular complexity index is 594. The van der Waals surface area contributed by atoms with Crippen LogP contribution in [0.2, 0.25) is 0 Å². The summed E-state index contributed by atoms with van der Waals surface area (Å²) >= 11 is 3.99. The Hall–Kier alpha value is -1.01. The van der Waals surface area contributed by atoms with E-state index in [0.29, 0.717) is 5.56 Å². The summed E-state index contributed by atoms with van der Waals surface area (Å²) in [5, 5.41) is 8.87. The van der Waals surface area contributed by atoms with Crippen molar-refractivity contribution in [2.24, 2.45) is 0 Å². The van der Waals surface area contributed by atoms with Crippen LogP contribution in [0.4, 0.5) is 0 Å². The highest BCUT2D eigenvalue weighted by atomic mass is 127. The Labute approximate surface area is 130 Å². The van der Waals surface area contributed by atoms with Gasteiger partial charge in [0, 0.05) is 13.4 Å². The zero-order valence-corrected chi connectivity index (χ0v) is 13.4. The first kappa shape index (κ1) is 14.4. The molecule has 0 aromatic heterocycles. The van der Waals surface area contributed by atoms with Crippen LogP contribution in [0, 0.1) is 3.57 Å². The molecule has 0 aliphatic heterocycles. The topological polar surface area (TPSA) is 37.3 Å². The second-order valence-electron chi connectivity index (χ2n) is 4.04. The van der Waals surface area contributed by atoms with Gasteiger partial charge in [-0.2, -0.15) is 0 Å². The number of carboxylic acid groups (broad SMARTS) is 1. The van der Waals surface area contributed by atoms with Gasteiger partial charge in [-0.15, -0.1) is 0 Å². The van der Waals surface area contributed by atoms with Gasteiger partial charge < -0.3 is 5.11 Å². The van der Waals surface area contributed by atoms with Gasteiger partial charge in [-0.3, -0.25) is 0 Å². The summed E-state index contributed by atoms with van der Waals surface area (Å²) in [5.74, 6) is -0.889. The molecule has 2 nitrogen and oxygen atoms in total. The minimum absolute atomic E-state index is 0.322. The highest BCUT2D eigenvalue weighted by Gasteiger charge is 2.06. The largest absolute Gasteiger partial charge is 0.478 e. The van der Waals surface area contributed by atoms with Crippen LogP contribution in [0.5, 0.6) is 0 Å². The van der Waals surface area contributed by atoms with Crippen molar-refractivity contribution in [3.05, 3.63) is 57.2 Å². The number of rotatable bonds is 4. The molecule has 0 aliphatic rings. The fourth-order valence-corrected chi connectivity index (χ4v) is 3.27. The fourth-order valence-electron chi connectivity index (χ4n) is 1.72. The van der Waals surface area contributed by atoms with E-state index in [2.05, 4.69) is 47.7 Å². The van der Waals surface area contributed by atoms with Gasteiger partial charge >= 0.3 is 5.97 Å². The molecule has 19 heavy (non-hydrogen) atoms. The van der Waals surface area contributed by atoms with Crippen LogP contribution in [-0.4, -0.2) is 11.1 Å². The van der Waals surface area contributed by atoms with E-state index in [0.717, 1.165) is 11.3 Å². The van der Waals surface area contributed by atoms with Crippen LogP contribution in [-0.2, 0) is 6.42 Å². The molecule has 0 aliphatic carbocycles. The predicted octanol–water partition coefficient (Wildman–Crippen LogP) is 4.70. The summed E-state index contributed by atoms with van der Waals surface area (Å²) in [6.45, 7) is 2.14. The average Bonchev–Trinajstić information content (AvgIpc) is 2.41. The molecule has 0 saturated heterocycles. The maximum atomic E-state index is 10.8. The van der Waals surface area contributed by atoms with E-state index < -0.39 is 5.97 Å².